The van der Waals surface area contributed by atoms with Crippen molar-refractivity contribution in [3.8, 4) is 0 Å². The van der Waals surface area contributed by atoms with E-state index in [2.05, 4.69) is 40.3 Å². The van der Waals surface area contributed by atoms with Crippen molar-refractivity contribution in [2.75, 3.05) is 0 Å². The molecule has 0 aliphatic carbocycles. The average molecular weight is 335 g/mol. The zero-order chi connectivity index (χ0) is 14.5. The Morgan fingerprint density at radius 1 is 1.15 bits per heavy atom. The summed E-state index contributed by atoms with van der Waals surface area (Å²) in [5.41, 5.74) is 2.35. The van der Waals surface area contributed by atoms with Crippen molar-refractivity contribution < 1.29 is 4.92 Å². The molecule has 2 aromatic rings. The van der Waals surface area contributed by atoms with Gasteiger partial charge in [0.25, 0.3) is 5.69 Å². The Bertz CT molecular complexity index is 582. The summed E-state index contributed by atoms with van der Waals surface area (Å²) in [4.78, 5) is 10.2. The number of nitrogens with one attached hydrogen (secondary N) is 1. The maximum atomic E-state index is 10.6. The van der Waals surface area contributed by atoms with E-state index in [9.17, 15) is 10.1 Å². The average Bonchev–Trinajstić information content (AvgIpc) is 2.46. The Hall–Kier alpha value is -1.72. The first-order valence-corrected chi connectivity index (χ1v) is 7.08. The molecule has 0 saturated heterocycles. The molecule has 0 saturated carbocycles. The summed E-state index contributed by atoms with van der Waals surface area (Å²) < 4.78 is 1.06. The van der Waals surface area contributed by atoms with Crippen molar-refractivity contribution in [3.63, 3.8) is 0 Å². The maximum absolute atomic E-state index is 10.6. The molecule has 104 valence electrons. The number of nitro groups is 1. The number of hydrogen-bond acceptors (Lipinski definition) is 3. The highest BCUT2D eigenvalue weighted by molar-refractivity contribution is 9.10. The van der Waals surface area contributed by atoms with Gasteiger partial charge in [-0.15, -0.1) is 0 Å². The first-order valence-electron chi connectivity index (χ1n) is 6.28. The van der Waals surface area contributed by atoms with Gasteiger partial charge in [-0.2, -0.15) is 0 Å². The molecule has 1 atom stereocenters. The van der Waals surface area contributed by atoms with Crippen molar-refractivity contribution in [3.05, 3.63) is 74.2 Å². The molecule has 0 amide bonds. The summed E-state index contributed by atoms with van der Waals surface area (Å²) in [6.45, 7) is 2.77. The van der Waals surface area contributed by atoms with Crippen molar-refractivity contribution in [1.82, 2.24) is 5.32 Å². The third kappa shape index (κ3) is 3.88. The van der Waals surface area contributed by atoms with Crippen LogP contribution in [0.2, 0.25) is 0 Å². The van der Waals surface area contributed by atoms with Crippen LogP contribution in [0.5, 0.6) is 0 Å². The molecule has 2 rings (SSSR count). The highest BCUT2D eigenvalue weighted by Gasteiger charge is 2.06. The summed E-state index contributed by atoms with van der Waals surface area (Å²) >= 11 is 3.41. The largest absolute Gasteiger partial charge is 0.306 e. The lowest BCUT2D eigenvalue weighted by molar-refractivity contribution is -0.384. The van der Waals surface area contributed by atoms with Crippen LogP contribution in [0, 0.1) is 10.1 Å². The lowest BCUT2D eigenvalue weighted by atomic mass is 10.1. The quantitative estimate of drug-likeness (QED) is 0.658. The van der Waals surface area contributed by atoms with Gasteiger partial charge in [-0.3, -0.25) is 10.1 Å². The number of benzene rings is 2. The maximum Gasteiger partial charge on any atom is 0.269 e. The Morgan fingerprint density at radius 3 is 2.30 bits per heavy atom. The van der Waals surface area contributed by atoms with Gasteiger partial charge in [0.1, 0.15) is 0 Å². The molecule has 0 fully saturated rings. The van der Waals surface area contributed by atoms with Crippen LogP contribution in [0.25, 0.3) is 0 Å². The van der Waals surface area contributed by atoms with Gasteiger partial charge in [0.2, 0.25) is 0 Å². The van der Waals surface area contributed by atoms with Crippen LogP contribution in [-0.4, -0.2) is 4.92 Å². The number of nitrogens with zero attached hydrogens (tertiary/aromatic N) is 1. The first kappa shape index (κ1) is 14.7. The minimum absolute atomic E-state index is 0.120. The normalized spacial score (nSPS) is 12.1. The standard InChI is InChI=1S/C15H15BrN2O2/c1-11(13-4-6-14(16)7-5-13)17-10-12-2-8-15(9-3-12)18(19)20/h2-9,11,17H,10H2,1H3. The molecule has 20 heavy (non-hydrogen) atoms. The Balaban J connectivity index is 1.94. The SMILES string of the molecule is CC(NCc1ccc([N+](=O)[O-])cc1)c1ccc(Br)cc1. The van der Waals surface area contributed by atoms with Crippen LogP contribution >= 0.6 is 15.9 Å². The number of nitro benzene ring substituents is 1. The number of rotatable bonds is 5. The molecule has 0 aliphatic rings. The van der Waals surface area contributed by atoms with Crippen LogP contribution in [-0.2, 0) is 6.54 Å². The van der Waals surface area contributed by atoms with Crippen LogP contribution in [0.1, 0.15) is 24.1 Å². The van der Waals surface area contributed by atoms with Crippen LogP contribution in [0.15, 0.2) is 53.0 Å². The molecule has 2 aromatic carbocycles. The molecular weight excluding hydrogens is 320 g/mol. The van der Waals surface area contributed by atoms with Crippen LogP contribution in [0.3, 0.4) is 0 Å². The second-order valence-electron chi connectivity index (χ2n) is 4.58. The molecule has 0 radical (unpaired) electrons. The molecule has 1 unspecified atom stereocenters. The van der Waals surface area contributed by atoms with Gasteiger partial charge in [0.05, 0.1) is 4.92 Å². The molecule has 0 aromatic heterocycles. The fourth-order valence-corrected chi connectivity index (χ4v) is 2.14. The third-order valence-electron chi connectivity index (χ3n) is 3.13. The summed E-state index contributed by atoms with van der Waals surface area (Å²) in [6.07, 6.45) is 0. The fraction of sp³-hybridized carbons (Fsp3) is 0.200. The first-order chi connectivity index (χ1) is 9.56. The molecule has 4 nitrogen and oxygen atoms in total. The van der Waals surface area contributed by atoms with E-state index in [1.54, 1.807) is 12.1 Å². The van der Waals surface area contributed by atoms with E-state index in [-0.39, 0.29) is 16.7 Å². The topological polar surface area (TPSA) is 55.2 Å². The lowest BCUT2D eigenvalue weighted by Gasteiger charge is -2.14. The number of hydrogen-bond donors (Lipinski definition) is 1. The van der Waals surface area contributed by atoms with Crippen LogP contribution < -0.4 is 5.32 Å². The Kier molecular flexibility index (Phi) is 4.87. The summed E-state index contributed by atoms with van der Waals surface area (Å²) in [5.74, 6) is 0. The molecule has 0 spiro atoms. The Morgan fingerprint density at radius 2 is 1.75 bits per heavy atom. The molecular formula is C15H15BrN2O2. The van der Waals surface area contributed by atoms with Crippen molar-refractivity contribution >= 4 is 21.6 Å². The van der Waals surface area contributed by atoms with Gasteiger partial charge in [-0.05, 0) is 30.2 Å². The minimum Gasteiger partial charge on any atom is -0.306 e. The predicted molar refractivity (Wildman–Crippen MR) is 82.5 cm³/mol. The smallest absolute Gasteiger partial charge is 0.269 e. The van der Waals surface area contributed by atoms with Crippen molar-refractivity contribution in [2.45, 2.75) is 19.5 Å². The van der Waals surface area contributed by atoms with Crippen molar-refractivity contribution in [1.29, 1.82) is 0 Å². The van der Waals surface area contributed by atoms with E-state index in [1.807, 2.05) is 12.1 Å². The number of halogens is 1. The van der Waals surface area contributed by atoms with E-state index < -0.39 is 0 Å². The lowest BCUT2D eigenvalue weighted by Crippen LogP contribution is -2.17. The highest BCUT2D eigenvalue weighted by Crippen LogP contribution is 2.17. The molecule has 0 bridgehead atoms. The van der Waals surface area contributed by atoms with E-state index in [0.717, 1.165) is 10.0 Å². The zero-order valence-corrected chi connectivity index (χ0v) is 12.6. The second kappa shape index (κ2) is 6.63. The minimum atomic E-state index is -0.387. The zero-order valence-electron chi connectivity index (χ0n) is 11.0. The van der Waals surface area contributed by atoms with E-state index >= 15 is 0 Å². The van der Waals surface area contributed by atoms with Gasteiger partial charge < -0.3 is 5.32 Å². The van der Waals surface area contributed by atoms with E-state index in [1.165, 1.54) is 17.7 Å². The molecule has 1 N–H and O–H groups in total. The molecule has 0 aliphatic heterocycles. The Labute approximate surface area is 126 Å². The second-order valence-corrected chi connectivity index (χ2v) is 5.49. The van der Waals surface area contributed by atoms with E-state index in [4.69, 9.17) is 0 Å². The summed E-state index contributed by atoms with van der Waals surface area (Å²) in [6, 6.07) is 15.0. The van der Waals surface area contributed by atoms with Crippen molar-refractivity contribution in [2.24, 2.45) is 0 Å². The monoisotopic (exact) mass is 334 g/mol. The van der Waals surface area contributed by atoms with Crippen LogP contribution in [0.4, 0.5) is 5.69 Å². The molecule has 5 heteroatoms. The van der Waals surface area contributed by atoms with Gasteiger partial charge in [0.15, 0.2) is 0 Å². The summed E-state index contributed by atoms with van der Waals surface area (Å²) in [5, 5.41) is 14.0. The number of non-ortho nitro benzene ring substituents is 1. The van der Waals surface area contributed by atoms with Gasteiger partial charge in [0, 0.05) is 29.2 Å². The van der Waals surface area contributed by atoms with Gasteiger partial charge >= 0.3 is 0 Å². The van der Waals surface area contributed by atoms with Gasteiger partial charge in [-0.1, -0.05) is 40.2 Å². The summed E-state index contributed by atoms with van der Waals surface area (Å²) in [7, 11) is 0. The fourth-order valence-electron chi connectivity index (χ4n) is 1.88. The van der Waals surface area contributed by atoms with E-state index in [0.29, 0.717) is 6.54 Å². The highest BCUT2D eigenvalue weighted by atomic mass is 79.9. The van der Waals surface area contributed by atoms with Gasteiger partial charge in [-0.25, -0.2) is 0 Å². The predicted octanol–water partition coefficient (Wildman–Crippen LogP) is 4.21. The third-order valence-corrected chi connectivity index (χ3v) is 3.66. The molecule has 0 heterocycles.